The molecule has 72 valence electrons. The molecule has 0 fully saturated rings. The van der Waals surface area contributed by atoms with Crippen LogP contribution in [0.25, 0.3) is 10.8 Å². The normalized spacial score (nSPS) is 10.4. The van der Waals surface area contributed by atoms with E-state index >= 15 is 0 Å². The highest BCUT2D eigenvalue weighted by Gasteiger charge is 2.01. The molecule has 4 heteroatoms. The quantitative estimate of drug-likeness (QED) is 0.708. The number of fused-ring (bicyclic) bond motifs is 1. The van der Waals surface area contributed by atoms with Crippen LogP contribution in [-0.4, -0.2) is 12.1 Å². The van der Waals surface area contributed by atoms with Crippen molar-refractivity contribution in [1.29, 1.82) is 0 Å². The van der Waals surface area contributed by atoms with Crippen molar-refractivity contribution >= 4 is 16.6 Å². The summed E-state index contributed by atoms with van der Waals surface area (Å²) in [5.41, 5.74) is 5.34. The van der Waals surface area contributed by atoms with E-state index in [9.17, 15) is 4.79 Å². The van der Waals surface area contributed by atoms with Gasteiger partial charge in [-0.2, -0.15) is 0 Å². The summed E-state index contributed by atoms with van der Waals surface area (Å²) in [5.74, 6) is 1.07. The van der Waals surface area contributed by atoms with Crippen molar-refractivity contribution < 1.29 is 4.74 Å². The number of benzene rings is 1. The molecule has 2 aromatic rings. The van der Waals surface area contributed by atoms with Gasteiger partial charge in [0.25, 0.3) is 5.56 Å². The molecule has 0 radical (unpaired) electrons. The number of hydrogen-bond donors (Lipinski definition) is 2. The van der Waals surface area contributed by atoms with E-state index in [1.54, 1.807) is 31.4 Å². The third-order valence-electron chi connectivity index (χ3n) is 2.07. The van der Waals surface area contributed by atoms with Crippen LogP contribution < -0.4 is 16.0 Å². The molecule has 0 aliphatic rings. The Hall–Kier alpha value is -1.97. The Bertz CT molecular complexity index is 531. The van der Waals surface area contributed by atoms with Gasteiger partial charge in [0.2, 0.25) is 0 Å². The number of pyridine rings is 1. The predicted molar refractivity (Wildman–Crippen MR) is 55.5 cm³/mol. The van der Waals surface area contributed by atoms with Gasteiger partial charge in [0, 0.05) is 5.39 Å². The van der Waals surface area contributed by atoms with Gasteiger partial charge < -0.3 is 15.5 Å². The molecule has 0 aliphatic carbocycles. The van der Waals surface area contributed by atoms with Crippen LogP contribution in [0.5, 0.6) is 5.75 Å². The summed E-state index contributed by atoms with van der Waals surface area (Å²) < 4.78 is 5.05. The highest BCUT2D eigenvalue weighted by molar-refractivity contribution is 5.84. The van der Waals surface area contributed by atoms with Crippen LogP contribution in [0.1, 0.15) is 0 Å². The van der Waals surface area contributed by atoms with Crippen molar-refractivity contribution in [2.24, 2.45) is 0 Å². The number of nitrogen functional groups attached to an aromatic ring is 1. The van der Waals surface area contributed by atoms with Crippen LogP contribution in [0.15, 0.2) is 29.1 Å². The standard InChI is InChI=1S/C10H10N2O2/c1-14-7-2-3-8-6(4-7)5-9(11)12-10(8)13/h2-5H,1H3,(H3,11,12,13). The molecule has 4 nitrogen and oxygen atoms in total. The first-order valence-corrected chi connectivity index (χ1v) is 4.17. The first-order valence-electron chi connectivity index (χ1n) is 4.17. The molecule has 0 saturated heterocycles. The van der Waals surface area contributed by atoms with Gasteiger partial charge in [-0.15, -0.1) is 0 Å². The average Bonchev–Trinajstić information content (AvgIpc) is 2.16. The molecule has 0 aliphatic heterocycles. The Labute approximate surface area is 80.3 Å². The number of nitrogens with one attached hydrogen (secondary N) is 1. The zero-order valence-corrected chi connectivity index (χ0v) is 7.70. The van der Waals surface area contributed by atoms with Gasteiger partial charge >= 0.3 is 0 Å². The summed E-state index contributed by atoms with van der Waals surface area (Å²) in [6, 6.07) is 6.94. The lowest BCUT2D eigenvalue weighted by Crippen LogP contribution is -2.08. The third-order valence-corrected chi connectivity index (χ3v) is 2.07. The maximum Gasteiger partial charge on any atom is 0.257 e. The Morgan fingerprint density at radius 2 is 2.14 bits per heavy atom. The number of nitrogens with two attached hydrogens (primary N) is 1. The predicted octanol–water partition coefficient (Wildman–Crippen LogP) is 1.12. The summed E-state index contributed by atoms with van der Waals surface area (Å²) in [6.07, 6.45) is 0. The number of anilines is 1. The van der Waals surface area contributed by atoms with E-state index in [2.05, 4.69) is 4.98 Å². The van der Waals surface area contributed by atoms with E-state index in [0.29, 0.717) is 17.0 Å². The Balaban J connectivity index is 2.82. The molecule has 0 unspecified atom stereocenters. The van der Waals surface area contributed by atoms with Crippen molar-refractivity contribution in [3.63, 3.8) is 0 Å². The number of aromatic amines is 1. The Morgan fingerprint density at radius 3 is 2.86 bits per heavy atom. The summed E-state index contributed by atoms with van der Waals surface area (Å²) >= 11 is 0. The van der Waals surface area contributed by atoms with Crippen LogP contribution >= 0.6 is 0 Å². The van der Waals surface area contributed by atoms with Gasteiger partial charge in [0.05, 0.1) is 7.11 Å². The zero-order chi connectivity index (χ0) is 10.1. The van der Waals surface area contributed by atoms with Crippen LogP contribution in [0.3, 0.4) is 0 Å². The van der Waals surface area contributed by atoms with E-state index < -0.39 is 0 Å². The molecule has 3 N–H and O–H groups in total. The number of H-pyrrole nitrogens is 1. The fourth-order valence-corrected chi connectivity index (χ4v) is 1.40. The smallest absolute Gasteiger partial charge is 0.257 e. The maximum absolute atomic E-state index is 11.4. The number of rotatable bonds is 1. The molecular formula is C10H10N2O2. The van der Waals surface area contributed by atoms with Gasteiger partial charge in [0.15, 0.2) is 0 Å². The van der Waals surface area contributed by atoms with Gasteiger partial charge in [-0.05, 0) is 29.7 Å². The van der Waals surface area contributed by atoms with Gasteiger partial charge in [0.1, 0.15) is 11.6 Å². The third kappa shape index (κ3) is 1.31. The lowest BCUT2D eigenvalue weighted by molar-refractivity contribution is 0.415. The van der Waals surface area contributed by atoms with Crippen LogP contribution in [0.4, 0.5) is 5.82 Å². The van der Waals surface area contributed by atoms with Crippen molar-refractivity contribution in [3.8, 4) is 5.75 Å². The van der Waals surface area contributed by atoms with E-state index in [1.165, 1.54) is 0 Å². The SMILES string of the molecule is COc1ccc2c(=O)[nH]c(N)cc2c1. The van der Waals surface area contributed by atoms with Crippen LogP contribution in [0, 0.1) is 0 Å². The second-order valence-corrected chi connectivity index (χ2v) is 3.01. The fourth-order valence-electron chi connectivity index (χ4n) is 1.40. The summed E-state index contributed by atoms with van der Waals surface area (Å²) in [4.78, 5) is 14.0. The van der Waals surface area contributed by atoms with Gasteiger partial charge in [-0.3, -0.25) is 4.79 Å². The van der Waals surface area contributed by atoms with Gasteiger partial charge in [-0.25, -0.2) is 0 Å². The van der Waals surface area contributed by atoms with E-state index in [0.717, 1.165) is 5.39 Å². The first kappa shape index (κ1) is 8.62. The summed E-state index contributed by atoms with van der Waals surface area (Å²) in [5, 5.41) is 1.39. The van der Waals surface area contributed by atoms with Gasteiger partial charge in [-0.1, -0.05) is 0 Å². The molecule has 0 bridgehead atoms. The summed E-state index contributed by atoms with van der Waals surface area (Å²) in [7, 11) is 1.58. The topological polar surface area (TPSA) is 68.1 Å². The highest BCUT2D eigenvalue weighted by atomic mass is 16.5. The first-order chi connectivity index (χ1) is 6.70. The fraction of sp³-hybridized carbons (Fsp3) is 0.100. The second-order valence-electron chi connectivity index (χ2n) is 3.01. The lowest BCUT2D eigenvalue weighted by Gasteiger charge is -2.02. The van der Waals surface area contributed by atoms with Crippen LogP contribution in [-0.2, 0) is 0 Å². The lowest BCUT2D eigenvalue weighted by atomic mass is 10.1. The van der Waals surface area contributed by atoms with E-state index in [4.69, 9.17) is 10.5 Å². The minimum absolute atomic E-state index is 0.178. The number of ether oxygens (including phenoxy) is 1. The molecule has 0 amide bonds. The van der Waals surface area contributed by atoms with E-state index in [1.807, 2.05) is 0 Å². The Morgan fingerprint density at radius 1 is 1.36 bits per heavy atom. The van der Waals surface area contributed by atoms with Crippen molar-refractivity contribution in [1.82, 2.24) is 4.98 Å². The molecular weight excluding hydrogens is 180 g/mol. The molecule has 1 aromatic carbocycles. The molecule has 14 heavy (non-hydrogen) atoms. The van der Waals surface area contributed by atoms with Crippen LogP contribution in [0.2, 0.25) is 0 Å². The van der Waals surface area contributed by atoms with Crippen molar-refractivity contribution in [2.45, 2.75) is 0 Å². The average molecular weight is 190 g/mol. The highest BCUT2D eigenvalue weighted by Crippen LogP contribution is 2.18. The number of methoxy groups -OCH3 is 1. The largest absolute Gasteiger partial charge is 0.497 e. The summed E-state index contributed by atoms with van der Waals surface area (Å²) in [6.45, 7) is 0. The number of hydrogen-bond acceptors (Lipinski definition) is 3. The molecule has 0 spiro atoms. The monoisotopic (exact) mass is 190 g/mol. The van der Waals surface area contributed by atoms with E-state index in [-0.39, 0.29) is 5.56 Å². The molecule has 0 saturated carbocycles. The number of aromatic nitrogens is 1. The molecule has 1 heterocycles. The minimum Gasteiger partial charge on any atom is -0.497 e. The zero-order valence-electron chi connectivity index (χ0n) is 7.70. The molecule has 0 atom stereocenters. The molecule has 1 aromatic heterocycles. The second kappa shape index (κ2) is 3.06. The van der Waals surface area contributed by atoms with Crippen molar-refractivity contribution in [3.05, 3.63) is 34.6 Å². The maximum atomic E-state index is 11.4. The Kier molecular flexibility index (Phi) is 1.89. The van der Waals surface area contributed by atoms with Crippen molar-refractivity contribution in [2.75, 3.05) is 12.8 Å². The molecule has 2 rings (SSSR count). The minimum atomic E-state index is -0.178.